The zero-order valence-electron chi connectivity index (χ0n) is 15.4. The lowest BCUT2D eigenvalue weighted by Gasteiger charge is -2.27. The molecule has 26 heavy (non-hydrogen) atoms. The summed E-state index contributed by atoms with van der Waals surface area (Å²) in [7, 11) is 1.66. The minimum Gasteiger partial charge on any atom is -0.383 e. The summed E-state index contributed by atoms with van der Waals surface area (Å²) in [5.74, 6) is -0.0341. The van der Waals surface area contributed by atoms with Gasteiger partial charge in [-0.05, 0) is 12.5 Å². The Kier molecular flexibility index (Phi) is 6.38. The van der Waals surface area contributed by atoms with Gasteiger partial charge >= 0.3 is 0 Å². The molecule has 7 heteroatoms. The molecule has 0 spiro atoms. The van der Waals surface area contributed by atoms with Gasteiger partial charge in [0.2, 0.25) is 5.91 Å². The molecule has 0 saturated carbocycles. The van der Waals surface area contributed by atoms with Gasteiger partial charge in [-0.2, -0.15) is 5.10 Å². The number of aromatic nitrogens is 2. The molecule has 1 amide bonds. The molecule has 2 aromatic rings. The van der Waals surface area contributed by atoms with Crippen molar-refractivity contribution in [2.75, 3.05) is 26.8 Å². The highest BCUT2D eigenvalue weighted by atomic mass is 16.5. The van der Waals surface area contributed by atoms with Crippen molar-refractivity contribution in [1.82, 2.24) is 25.5 Å². The largest absolute Gasteiger partial charge is 0.383 e. The monoisotopic (exact) mass is 357 g/mol. The number of carbonyl (C=O) groups excluding carboxylic acids is 1. The van der Waals surface area contributed by atoms with Crippen LogP contribution < -0.4 is 10.9 Å². The minimum absolute atomic E-state index is 0.0351. The third-order valence-electron chi connectivity index (χ3n) is 4.72. The van der Waals surface area contributed by atoms with Gasteiger partial charge in [0.05, 0.1) is 24.8 Å². The standard InChI is InChI=1S/C19H27N5O2/c1-3-24-14-15(11-21-24)13-23(9-10-26-2)19(25)17-12-20-22-18(17)16-7-5-4-6-8-16/h4-8,11,14,17-18,20,22H,3,9-10,12-13H2,1-2H3. The average molecular weight is 357 g/mol. The van der Waals surface area contributed by atoms with Crippen LogP contribution in [0.15, 0.2) is 42.7 Å². The van der Waals surface area contributed by atoms with Gasteiger partial charge in [-0.1, -0.05) is 30.3 Å². The van der Waals surface area contributed by atoms with Gasteiger partial charge < -0.3 is 9.64 Å². The average Bonchev–Trinajstić information content (AvgIpc) is 3.34. The van der Waals surface area contributed by atoms with Crippen LogP contribution in [0.4, 0.5) is 0 Å². The van der Waals surface area contributed by atoms with E-state index in [0.29, 0.717) is 26.2 Å². The molecular formula is C19H27N5O2. The second-order valence-corrected chi connectivity index (χ2v) is 6.48. The smallest absolute Gasteiger partial charge is 0.229 e. The molecule has 1 aromatic carbocycles. The Hall–Kier alpha value is -2.22. The number of nitrogens with one attached hydrogen (secondary N) is 2. The molecule has 1 aromatic heterocycles. The van der Waals surface area contributed by atoms with Gasteiger partial charge in [0.1, 0.15) is 0 Å². The maximum absolute atomic E-state index is 13.3. The van der Waals surface area contributed by atoms with Crippen molar-refractivity contribution in [2.24, 2.45) is 5.92 Å². The molecule has 1 aliphatic rings. The fourth-order valence-electron chi connectivity index (χ4n) is 3.29. The highest BCUT2D eigenvalue weighted by Crippen LogP contribution is 2.26. The van der Waals surface area contributed by atoms with Crippen LogP contribution in [0, 0.1) is 5.92 Å². The predicted molar refractivity (Wildman–Crippen MR) is 99.0 cm³/mol. The molecule has 7 nitrogen and oxygen atoms in total. The topological polar surface area (TPSA) is 71.4 Å². The van der Waals surface area contributed by atoms with Crippen molar-refractivity contribution in [3.8, 4) is 0 Å². The zero-order chi connectivity index (χ0) is 18.4. The van der Waals surface area contributed by atoms with Gasteiger partial charge in [-0.25, -0.2) is 5.43 Å². The molecule has 2 atom stereocenters. The van der Waals surface area contributed by atoms with Crippen LogP contribution in [0.25, 0.3) is 0 Å². The predicted octanol–water partition coefficient (Wildman–Crippen LogP) is 1.34. The lowest BCUT2D eigenvalue weighted by molar-refractivity contribution is -0.136. The van der Waals surface area contributed by atoms with E-state index in [9.17, 15) is 4.79 Å². The summed E-state index contributed by atoms with van der Waals surface area (Å²) in [5, 5.41) is 4.31. The van der Waals surface area contributed by atoms with E-state index < -0.39 is 0 Å². The van der Waals surface area contributed by atoms with Gasteiger partial charge in [-0.15, -0.1) is 0 Å². The third kappa shape index (κ3) is 4.30. The summed E-state index contributed by atoms with van der Waals surface area (Å²) in [4.78, 5) is 15.1. The zero-order valence-corrected chi connectivity index (χ0v) is 15.4. The first kappa shape index (κ1) is 18.6. The second-order valence-electron chi connectivity index (χ2n) is 6.48. The number of rotatable bonds is 8. The Labute approximate surface area is 154 Å². The molecule has 1 saturated heterocycles. The maximum Gasteiger partial charge on any atom is 0.229 e. The number of nitrogens with zero attached hydrogens (tertiary/aromatic N) is 3. The van der Waals surface area contributed by atoms with Crippen LogP contribution in [0.2, 0.25) is 0 Å². The van der Waals surface area contributed by atoms with Crippen LogP contribution in [0.1, 0.15) is 24.1 Å². The molecule has 140 valence electrons. The molecule has 2 N–H and O–H groups in total. The molecule has 1 fully saturated rings. The van der Waals surface area contributed by atoms with Crippen molar-refractivity contribution in [1.29, 1.82) is 0 Å². The number of benzene rings is 1. The van der Waals surface area contributed by atoms with Gasteiger partial charge in [0.25, 0.3) is 0 Å². The van der Waals surface area contributed by atoms with Crippen LogP contribution >= 0.6 is 0 Å². The molecule has 2 unspecified atom stereocenters. The first-order valence-electron chi connectivity index (χ1n) is 9.05. The fraction of sp³-hybridized carbons (Fsp3) is 0.474. The summed E-state index contributed by atoms with van der Waals surface area (Å²) in [5.41, 5.74) is 8.54. The minimum atomic E-state index is -0.157. The summed E-state index contributed by atoms with van der Waals surface area (Å²) in [6, 6.07) is 10.1. The van der Waals surface area contributed by atoms with E-state index in [1.165, 1.54) is 0 Å². The third-order valence-corrected chi connectivity index (χ3v) is 4.72. The molecule has 2 heterocycles. The lowest BCUT2D eigenvalue weighted by atomic mass is 9.93. The van der Waals surface area contributed by atoms with Crippen molar-refractivity contribution >= 4 is 5.91 Å². The summed E-state index contributed by atoms with van der Waals surface area (Å²) in [6.45, 7) is 5.09. The lowest BCUT2D eigenvalue weighted by Crippen LogP contribution is -2.40. The molecular weight excluding hydrogens is 330 g/mol. The van der Waals surface area contributed by atoms with E-state index in [2.05, 4.69) is 28.1 Å². The van der Waals surface area contributed by atoms with Crippen LogP contribution in [-0.4, -0.2) is 47.4 Å². The number of methoxy groups -OCH3 is 1. The first-order valence-corrected chi connectivity index (χ1v) is 9.05. The molecule has 0 aliphatic carbocycles. The first-order chi connectivity index (χ1) is 12.7. The molecule has 0 bridgehead atoms. The fourth-order valence-corrected chi connectivity index (χ4v) is 3.29. The van der Waals surface area contributed by atoms with Crippen molar-refractivity contribution in [3.05, 3.63) is 53.9 Å². The Morgan fingerprint density at radius 2 is 2.19 bits per heavy atom. The SMILES string of the molecule is CCn1cc(CN(CCOC)C(=O)C2CNNC2c2ccccc2)cn1. The second kappa shape index (κ2) is 8.93. The highest BCUT2D eigenvalue weighted by Gasteiger charge is 2.36. The highest BCUT2D eigenvalue weighted by molar-refractivity contribution is 5.80. The Morgan fingerprint density at radius 1 is 1.38 bits per heavy atom. The van der Waals surface area contributed by atoms with E-state index in [4.69, 9.17) is 4.74 Å². The van der Waals surface area contributed by atoms with E-state index in [-0.39, 0.29) is 17.9 Å². The molecule has 1 aliphatic heterocycles. The molecule has 3 rings (SSSR count). The van der Waals surface area contributed by atoms with Gasteiger partial charge in [0.15, 0.2) is 0 Å². The Balaban J connectivity index is 1.75. The van der Waals surface area contributed by atoms with E-state index in [0.717, 1.165) is 17.7 Å². The number of ether oxygens (including phenoxy) is 1. The van der Waals surface area contributed by atoms with Crippen molar-refractivity contribution in [2.45, 2.75) is 26.1 Å². The Morgan fingerprint density at radius 3 is 2.88 bits per heavy atom. The number of hydrazine groups is 1. The number of hydrogen-bond donors (Lipinski definition) is 2. The number of hydrogen-bond acceptors (Lipinski definition) is 5. The summed E-state index contributed by atoms with van der Waals surface area (Å²) in [6.07, 6.45) is 3.82. The molecule has 0 radical (unpaired) electrons. The number of aryl methyl sites for hydroxylation is 1. The van der Waals surface area contributed by atoms with Crippen molar-refractivity contribution < 1.29 is 9.53 Å². The van der Waals surface area contributed by atoms with E-state index in [1.807, 2.05) is 47.1 Å². The van der Waals surface area contributed by atoms with Gasteiger partial charge in [0, 0.05) is 45.0 Å². The number of amides is 1. The maximum atomic E-state index is 13.3. The van der Waals surface area contributed by atoms with E-state index in [1.54, 1.807) is 7.11 Å². The van der Waals surface area contributed by atoms with Gasteiger partial charge in [-0.3, -0.25) is 14.9 Å². The quantitative estimate of drug-likeness (QED) is 0.746. The van der Waals surface area contributed by atoms with Crippen molar-refractivity contribution in [3.63, 3.8) is 0 Å². The number of carbonyl (C=O) groups is 1. The van der Waals surface area contributed by atoms with E-state index >= 15 is 0 Å². The normalized spacial score (nSPS) is 19.6. The van der Waals surface area contributed by atoms with Crippen LogP contribution in [0.3, 0.4) is 0 Å². The van der Waals surface area contributed by atoms with Crippen LogP contribution in [-0.2, 0) is 22.6 Å². The summed E-state index contributed by atoms with van der Waals surface area (Å²) >= 11 is 0. The summed E-state index contributed by atoms with van der Waals surface area (Å²) < 4.78 is 7.09. The Bertz CT molecular complexity index is 703. The van der Waals surface area contributed by atoms with Crippen LogP contribution in [0.5, 0.6) is 0 Å².